The van der Waals surface area contributed by atoms with Gasteiger partial charge in [-0.15, -0.1) is 0 Å². The van der Waals surface area contributed by atoms with Gasteiger partial charge in [-0.3, -0.25) is 4.79 Å². The van der Waals surface area contributed by atoms with Gasteiger partial charge in [-0.1, -0.05) is 90.1 Å². The second kappa shape index (κ2) is 10.5. The minimum absolute atomic E-state index is 0.0579. The molecule has 2 N–H and O–H groups in total. The molecule has 0 saturated heterocycles. The summed E-state index contributed by atoms with van der Waals surface area (Å²) in [6.45, 7) is 15.2. The molecule has 3 heteroatoms. The molecular formula is C28H43N2O+. The second-order valence-corrected chi connectivity index (χ2v) is 11.2. The van der Waals surface area contributed by atoms with Gasteiger partial charge < -0.3 is 10.2 Å². The van der Waals surface area contributed by atoms with Crippen molar-refractivity contribution in [1.29, 1.82) is 0 Å². The molecule has 0 aliphatic carbocycles. The van der Waals surface area contributed by atoms with Crippen molar-refractivity contribution in [2.24, 2.45) is 0 Å². The summed E-state index contributed by atoms with van der Waals surface area (Å²) in [7, 11) is 4.28. The third-order valence-electron chi connectivity index (χ3n) is 5.92. The monoisotopic (exact) mass is 423 g/mol. The molecule has 31 heavy (non-hydrogen) atoms. The molecule has 0 spiro atoms. The highest BCUT2D eigenvalue weighted by Crippen LogP contribution is 2.32. The van der Waals surface area contributed by atoms with Crippen molar-refractivity contribution in [2.75, 3.05) is 27.2 Å². The van der Waals surface area contributed by atoms with Crippen molar-refractivity contribution in [3.05, 3.63) is 70.8 Å². The first-order valence-electron chi connectivity index (χ1n) is 11.6. The molecule has 0 unspecified atom stereocenters. The highest BCUT2D eigenvalue weighted by molar-refractivity contribution is 5.77. The van der Waals surface area contributed by atoms with Crippen molar-refractivity contribution in [1.82, 2.24) is 5.32 Å². The molecule has 2 aromatic rings. The number of rotatable bonds is 8. The highest BCUT2D eigenvalue weighted by atomic mass is 16.1. The van der Waals surface area contributed by atoms with Crippen LogP contribution in [0.4, 0.5) is 0 Å². The van der Waals surface area contributed by atoms with Gasteiger partial charge in [0.1, 0.15) is 0 Å². The van der Waals surface area contributed by atoms with Crippen LogP contribution in [0.5, 0.6) is 0 Å². The summed E-state index contributed by atoms with van der Waals surface area (Å²) in [4.78, 5) is 14.2. The minimum Gasteiger partial charge on any atom is -0.356 e. The van der Waals surface area contributed by atoms with Crippen LogP contribution in [0.15, 0.2) is 48.5 Å². The first-order valence-corrected chi connectivity index (χ1v) is 11.6. The Morgan fingerprint density at radius 1 is 0.806 bits per heavy atom. The smallest absolute Gasteiger partial charge is 0.220 e. The Kier molecular flexibility index (Phi) is 8.48. The van der Waals surface area contributed by atoms with Crippen LogP contribution >= 0.6 is 0 Å². The predicted octanol–water partition coefficient (Wildman–Crippen LogP) is 4.45. The van der Waals surface area contributed by atoms with Crippen molar-refractivity contribution < 1.29 is 9.69 Å². The zero-order valence-electron chi connectivity index (χ0n) is 20.9. The molecule has 0 saturated carbocycles. The topological polar surface area (TPSA) is 33.5 Å². The third kappa shape index (κ3) is 7.81. The van der Waals surface area contributed by atoms with E-state index < -0.39 is 0 Å². The fraction of sp³-hybridized carbons (Fsp3) is 0.536. The number of nitrogens with one attached hydrogen (secondary N) is 2. The van der Waals surface area contributed by atoms with E-state index in [0.29, 0.717) is 6.42 Å². The Bertz CT molecular complexity index is 764. The maximum Gasteiger partial charge on any atom is 0.220 e. The molecule has 0 bridgehead atoms. The fourth-order valence-electron chi connectivity index (χ4n) is 3.79. The lowest BCUT2D eigenvalue weighted by molar-refractivity contribution is -0.858. The first kappa shape index (κ1) is 25.1. The fourth-order valence-corrected chi connectivity index (χ4v) is 3.79. The summed E-state index contributed by atoms with van der Waals surface area (Å²) < 4.78 is 0. The van der Waals surface area contributed by atoms with Crippen LogP contribution in [0, 0.1) is 0 Å². The van der Waals surface area contributed by atoms with Gasteiger partial charge in [0.2, 0.25) is 5.91 Å². The Morgan fingerprint density at radius 2 is 1.23 bits per heavy atom. The largest absolute Gasteiger partial charge is 0.356 e. The number of carbonyl (C=O) groups excluding carboxylic acids is 1. The summed E-state index contributed by atoms with van der Waals surface area (Å²) in [5, 5.41) is 3.13. The number of amides is 1. The average Bonchev–Trinajstić information content (AvgIpc) is 2.68. The molecule has 1 amide bonds. The standard InChI is InChI=1S/C28H42N2O/c1-27(2,3)23-14-10-21(11-15-23)25(20-26(31)29-18-9-19-30(7)8)22-12-16-24(17-13-22)28(4,5)6/h10-17,25H,9,18-20H2,1-8H3,(H,29,31)/p+1. The quantitative estimate of drug-likeness (QED) is 0.604. The van der Waals surface area contributed by atoms with E-state index >= 15 is 0 Å². The van der Waals surface area contributed by atoms with Gasteiger partial charge in [0, 0.05) is 25.3 Å². The zero-order chi connectivity index (χ0) is 23.2. The molecule has 3 nitrogen and oxygen atoms in total. The van der Waals surface area contributed by atoms with Gasteiger partial charge in [0.25, 0.3) is 0 Å². The van der Waals surface area contributed by atoms with E-state index in [1.165, 1.54) is 27.2 Å². The van der Waals surface area contributed by atoms with Crippen LogP contribution in [-0.2, 0) is 15.6 Å². The zero-order valence-corrected chi connectivity index (χ0v) is 20.9. The second-order valence-electron chi connectivity index (χ2n) is 11.2. The third-order valence-corrected chi connectivity index (χ3v) is 5.92. The Hall–Kier alpha value is -2.13. The molecule has 170 valence electrons. The maximum absolute atomic E-state index is 12.8. The van der Waals surface area contributed by atoms with E-state index in [0.717, 1.165) is 19.5 Å². The van der Waals surface area contributed by atoms with Crippen LogP contribution in [0.25, 0.3) is 0 Å². The van der Waals surface area contributed by atoms with Gasteiger partial charge in [-0.25, -0.2) is 0 Å². The molecule has 0 aliphatic rings. The van der Waals surface area contributed by atoms with Crippen molar-refractivity contribution in [3.63, 3.8) is 0 Å². The van der Waals surface area contributed by atoms with E-state index in [9.17, 15) is 4.79 Å². The molecule has 2 aromatic carbocycles. The highest BCUT2D eigenvalue weighted by Gasteiger charge is 2.21. The molecule has 2 rings (SSSR count). The van der Waals surface area contributed by atoms with E-state index in [4.69, 9.17) is 0 Å². The number of hydrogen-bond acceptors (Lipinski definition) is 1. The Labute approximate surface area is 190 Å². The average molecular weight is 424 g/mol. The summed E-state index contributed by atoms with van der Waals surface area (Å²) in [5.74, 6) is 0.182. The summed E-state index contributed by atoms with van der Waals surface area (Å²) in [5.41, 5.74) is 5.26. The first-order chi connectivity index (χ1) is 14.4. The van der Waals surface area contributed by atoms with Gasteiger partial charge in [0.05, 0.1) is 20.6 Å². The summed E-state index contributed by atoms with van der Waals surface area (Å²) >= 11 is 0. The SMILES string of the molecule is C[NH+](C)CCCNC(=O)CC(c1ccc(C(C)(C)C)cc1)c1ccc(C(C)(C)C)cc1. The van der Waals surface area contributed by atoms with Gasteiger partial charge in [-0.05, 0) is 33.1 Å². The lowest BCUT2D eigenvalue weighted by Gasteiger charge is -2.23. The molecule has 0 atom stereocenters. The number of hydrogen-bond donors (Lipinski definition) is 2. The summed E-state index contributed by atoms with van der Waals surface area (Å²) in [6, 6.07) is 17.6. The number of quaternary nitrogens is 1. The van der Waals surface area contributed by atoms with Crippen LogP contribution in [-0.4, -0.2) is 33.1 Å². The Morgan fingerprint density at radius 3 is 1.58 bits per heavy atom. The maximum atomic E-state index is 12.8. The lowest BCUT2D eigenvalue weighted by atomic mass is 9.82. The lowest BCUT2D eigenvalue weighted by Crippen LogP contribution is -3.05. The van der Waals surface area contributed by atoms with Crippen LogP contribution in [0.1, 0.15) is 82.6 Å². The summed E-state index contributed by atoms with van der Waals surface area (Å²) in [6.07, 6.45) is 1.47. The van der Waals surface area contributed by atoms with E-state index in [2.05, 4.69) is 109 Å². The number of benzene rings is 2. The Balaban J connectivity index is 2.24. The molecule has 0 aliphatic heterocycles. The molecule has 0 radical (unpaired) electrons. The van der Waals surface area contributed by atoms with E-state index in [-0.39, 0.29) is 22.7 Å². The van der Waals surface area contributed by atoms with Crippen LogP contribution < -0.4 is 10.2 Å². The van der Waals surface area contributed by atoms with Crippen molar-refractivity contribution >= 4 is 5.91 Å². The van der Waals surface area contributed by atoms with Crippen molar-refractivity contribution in [3.8, 4) is 0 Å². The van der Waals surface area contributed by atoms with Gasteiger partial charge in [0.15, 0.2) is 0 Å². The van der Waals surface area contributed by atoms with Gasteiger partial charge in [-0.2, -0.15) is 0 Å². The van der Waals surface area contributed by atoms with Crippen LogP contribution in [0.2, 0.25) is 0 Å². The van der Waals surface area contributed by atoms with Crippen LogP contribution in [0.3, 0.4) is 0 Å². The van der Waals surface area contributed by atoms with Gasteiger partial charge >= 0.3 is 0 Å². The number of carbonyl (C=O) groups is 1. The predicted molar refractivity (Wildman–Crippen MR) is 132 cm³/mol. The minimum atomic E-state index is 0.0579. The van der Waals surface area contributed by atoms with E-state index in [1.807, 2.05) is 0 Å². The molecule has 0 aromatic heterocycles. The van der Waals surface area contributed by atoms with E-state index in [1.54, 1.807) is 0 Å². The molecule has 0 fully saturated rings. The van der Waals surface area contributed by atoms with Crippen molar-refractivity contribution in [2.45, 2.75) is 71.1 Å². The molecular weight excluding hydrogens is 380 g/mol. The molecule has 0 heterocycles. The normalized spacial score (nSPS) is 12.5.